The SMILES string of the molecule is Cl.Cl.NS(=O)(=O)c1ccc2c(c1)CN(CN1CSc3ccc(S(N)(=O)=O)cc3C1)CS2. The van der Waals surface area contributed by atoms with Gasteiger partial charge in [0.25, 0.3) is 0 Å². The average molecular weight is 546 g/mol. The van der Waals surface area contributed by atoms with Crippen LogP contribution in [-0.2, 0) is 33.1 Å². The van der Waals surface area contributed by atoms with Gasteiger partial charge in [-0.25, -0.2) is 27.1 Å². The number of hydrogen-bond donors (Lipinski definition) is 2. The van der Waals surface area contributed by atoms with Crippen LogP contribution in [0.5, 0.6) is 0 Å². The number of primary sulfonamides is 2. The van der Waals surface area contributed by atoms with Crippen molar-refractivity contribution in [1.82, 2.24) is 9.80 Å². The van der Waals surface area contributed by atoms with Crippen LogP contribution in [0, 0.1) is 0 Å². The molecule has 0 aromatic heterocycles. The van der Waals surface area contributed by atoms with Crippen molar-refractivity contribution in [3.63, 3.8) is 0 Å². The highest BCUT2D eigenvalue weighted by Gasteiger charge is 2.24. The van der Waals surface area contributed by atoms with Gasteiger partial charge in [0.2, 0.25) is 20.0 Å². The van der Waals surface area contributed by atoms with E-state index in [2.05, 4.69) is 9.80 Å². The Kier molecular flexibility index (Phi) is 8.75. The van der Waals surface area contributed by atoms with E-state index in [1.165, 1.54) is 12.1 Å². The van der Waals surface area contributed by atoms with Crippen LogP contribution in [0.15, 0.2) is 56.0 Å². The van der Waals surface area contributed by atoms with Gasteiger partial charge < -0.3 is 0 Å². The molecular formula is C17H22Cl2N4O4S4. The largest absolute Gasteiger partial charge is 0.277 e. The maximum Gasteiger partial charge on any atom is 0.238 e. The van der Waals surface area contributed by atoms with E-state index in [0.29, 0.717) is 19.8 Å². The van der Waals surface area contributed by atoms with E-state index < -0.39 is 20.0 Å². The van der Waals surface area contributed by atoms with E-state index in [1.54, 1.807) is 47.8 Å². The molecular weight excluding hydrogens is 523 g/mol. The molecule has 4 rings (SSSR count). The van der Waals surface area contributed by atoms with E-state index in [1.807, 2.05) is 0 Å². The highest BCUT2D eigenvalue weighted by molar-refractivity contribution is 7.99. The lowest BCUT2D eigenvalue weighted by atomic mass is 10.2. The third-order valence-electron chi connectivity index (χ3n) is 4.71. The summed E-state index contributed by atoms with van der Waals surface area (Å²) in [6, 6.07) is 9.97. The Bertz CT molecular complexity index is 1090. The Morgan fingerprint density at radius 1 is 0.742 bits per heavy atom. The third-order valence-corrected chi connectivity index (χ3v) is 8.94. The van der Waals surface area contributed by atoms with Crippen LogP contribution in [0.4, 0.5) is 0 Å². The maximum atomic E-state index is 11.6. The Morgan fingerprint density at radius 3 is 1.48 bits per heavy atom. The second-order valence-electron chi connectivity index (χ2n) is 6.98. The number of halogens is 2. The standard InChI is InChI=1S/C17H20N4O4S4.2ClH/c18-28(22,23)14-1-3-16-12(5-14)7-20(10-26-16)9-21-8-13-6-15(29(19,24)25)2-4-17(13)27-11-21;;/h1-6H,7-11H2,(H2,18,22,23)(H2,19,24,25);2*1H. The highest BCUT2D eigenvalue weighted by Crippen LogP contribution is 2.34. The number of sulfonamides is 2. The van der Waals surface area contributed by atoms with Gasteiger partial charge in [0.15, 0.2) is 0 Å². The molecule has 0 atom stereocenters. The first kappa shape index (κ1) is 26.7. The van der Waals surface area contributed by atoms with Gasteiger partial charge in [0, 0.05) is 22.9 Å². The van der Waals surface area contributed by atoms with Gasteiger partial charge in [-0.3, -0.25) is 9.80 Å². The molecule has 0 unspecified atom stereocenters. The predicted molar refractivity (Wildman–Crippen MR) is 128 cm³/mol. The smallest absolute Gasteiger partial charge is 0.238 e. The zero-order valence-electron chi connectivity index (χ0n) is 16.1. The molecule has 2 aromatic carbocycles. The molecule has 172 valence electrons. The van der Waals surface area contributed by atoms with Gasteiger partial charge in [-0.15, -0.1) is 48.3 Å². The molecule has 8 nitrogen and oxygen atoms in total. The second kappa shape index (κ2) is 10.2. The lowest BCUT2D eigenvalue weighted by Crippen LogP contribution is -2.39. The highest BCUT2D eigenvalue weighted by atomic mass is 35.5. The predicted octanol–water partition coefficient (Wildman–Crippen LogP) is 2.21. The molecule has 2 aliphatic heterocycles. The molecule has 0 fully saturated rings. The number of benzene rings is 2. The van der Waals surface area contributed by atoms with Crippen LogP contribution in [-0.4, -0.2) is 45.1 Å². The molecule has 14 heteroatoms. The summed E-state index contributed by atoms with van der Waals surface area (Å²) in [7, 11) is -7.46. The summed E-state index contributed by atoms with van der Waals surface area (Å²) >= 11 is 3.31. The third kappa shape index (κ3) is 6.28. The van der Waals surface area contributed by atoms with Gasteiger partial charge in [0.1, 0.15) is 0 Å². The minimum absolute atomic E-state index is 0. The van der Waals surface area contributed by atoms with E-state index >= 15 is 0 Å². The summed E-state index contributed by atoms with van der Waals surface area (Å²) in [6.07, 6.45) is 0. The van der Waals surface area contributed by atoms with E-state index in [0.717, 1.165) is 32.7 Å². The van der Waals surface area contributed by atoms with Gasteiger partial charge in [0.05, 0.1) is 28.2 Å². The topological polar surface area (TPSA) is 127 Å². The number of nitrogens with zero attached hydrogens (tertiary/aromatic N) is 2. The molecule has 0 radical (unpaired) electrons. The van der Waals surface area contributed by atoms with Crippen LogP contribution < -0.4 is 10.3 Å². The number of nitrogens with two attached hydrogens (primary N) is 2. The first-order valence-corrected chi connectivity index (χ1v) is 13.7. The zero-order valence-corrected chi connectivity index (χ0v) is 21.0. The summed E-state index contributed by atoms with van der Waals surface area (Å²) in [4.78, 5) is 6.80. The molecule has 2 aliphatic rings. The number of hydrogen-bond acceptors (Lipinski definition) is 8. The van der Waals surface area contributed by atoms with Gasteiger partial charge in [-0.1, -0.05) is 0 Å². The number of fused-ring (bicyclic) bond motifs is 2. The Balaban J connectivity index is 0.00000171. The van der Waals surface area contributed by atoms with Crippen molar-refractivity contribution >= 4 is 68.4 Å². The maximum absolute atomic E-state index is 11.6. The first-order chi connectivity index (χ1) is 13.6. The summed E-state index contributed by atoms with van der Waals surface area (Å²) in [5.41, 5.74) is 1.88. The monoisotopic (exact) mass is 544 g/mol. The Hall–Kier alpha value is -0.540. The van der Waals surface area contributed by atoms with Crippen molar-refractivity contribution < 1.29 is 16.8 Å². The van der Waals surface area contributed by atoms with Crippen LogP contribution in [0.25, 0.3) is 0 Å². The van der Waals surface area contributed by atoms with Crippen molar-refractivity contribution in [2.75, 3.05) is 18.4 Å². The molecule has 4 N–H and O–H groups in total. The Morgan fingerprint density at radius 2 is 1.13 bits per heavy atom. The molecule has 0 aliphatic carbocycles. The van der Waals surface area contributed by atoms with Gasteiger partial charge in [-0.2, -0.15) is 0 Å². The fraction of sp³-hybridized carbons (Fsp3) is 0.294. The molecule has 2 aromatic rings. The normalized spacial score (nSPS) is 17.1. The first-order valence-electron chi connectivity index (χ1n) is 8.61. The van der Waals surface area contributed by atoms with Crippen molar-refractivity contribution in [3.8, 4) is 0 Å². The second-order valence-corrected chi connectivity index (χ2v) is 12.1. The van der Waals surface area contributed by atoms with Crippen LogP contribution in [0.3, 0.4) is 0 Å². The fourth-order valence-corrected chi connectivity index (χ4v) is 6.42. The summed E-state index contributed by atoms with van der Waals surface area (Å²) in [5, 5.41) is 10.5. The van der Waals surface area contributed by atoms with E-state index in [4.69, 9.17) is 10.3 Å². The van der Waals surface area contributed by atoms with E-state index in [9.17, 15) is 16.8 Å². The van der Waals surface area contributed by atoms with Crippen LogP contribution in [0.1, 0.15) is 11.1 Å². The van der Waals surface area contributed by atoms with Crippen LogP contribution >= 0.6 is 48.3 Å². The van der Waals surface area contributed by atoms with Crippen molar-refractivity contribution in [2.45, 2.75) is 32.7 Å². The molecule has 0 spiro atoms. The molecule has 0 saturated heterocycles. The number of rotatable bonds is 4. The van der Waals surface area contributed by atoms with Crippen molar-refractivity contribution in [1.29, 1.82) is 0 Å². The lowest BCUT2D eigenvalue weighted by Gasteiger charge is -2.35. The molecule has 0 saturated carbocycles. The molecule has 0 bridgehead atoms. The Labute approximate surface area is 203 Å². The van der Waals surface area contributed by atoms with Gasteiger partial charge >= 0.3 is 0 Å². The molecule has 0 amide bonds. The van der Waals surface area contributed by atoms with Crippen LogP contribution in [0.2, 0.25) is 0 Å². The fourth-order valence-electron chi connectivity index (χ4n) is 3.35. The minimum Gasteiger partial charge on any atom is -0.277 e. The van der Waals surface area contributed by atoms with Gasteiger partial charge in [-0.05, 0) is 47.5 Å². The van der Waals surface area contributed by atoms with Crippen molar-refractivity contribution in [3.05, 3.63) is 47.5 Å². The minimum atomic E-state index is -3.73. The zero-order chi connectivity index (χ0) is 20.8. The summed E-state index contributed by atoms with van der Waals surface area (Å²) in [6.45, 7) is 1.92. The quantitative estimate of drug-likeness (QED) is 0.599. The number of thioether (sulfide) groups is 2. The van der Waals surface area contributed by atoms with E-state index in [-0.39, 0.29) is 34.6 Å². The van der Waals surface area contributed by atoms with Crippen molar-refractivity contribution in [2.24, 2.45) is 10.3 Å². The summed E-state index contributed by atoms with van der Waals surface area (Å²) in [5.74, 6) is 1.57. The summed E-state index contributed by atoms with van der Waals surface area (Å²) < 4.78 is 46.5. The molecule has 31 heavy (non-hydrogen) atoms. The average Bonchev–Trinajstić information content (AvgIpc) is 2.65. The lowest BCUT2D eigenvalue weighted by molar-refractivity contribution is 0.152. The molecule has 2 heterocycles.